The average Bonchev–Trinajstić information content (AvgIpc) is 3.32. The van der Waals surface area contributed by atoms with E-state index in [1.54, 1.807) is 24.3 Å². The van der Waals surface area contributed by atoms with Crippen molar-refractivity contribution < 1.29 is 9.90 Å². The highest BCUT2D eigenvalue weighted by Crippen LogP contribution is 2.28. The minimum Gasteiger partial charge on any atom is -0.507 e. The lowest BCUT2D eigenvalue weighted by atomic mass is 9.96. The van der Waals surface area contributed by atoms with Crippen LogP contribution in [0.5, 0.6) is 5.75 Å². The van der Waals surface area contributed by atoms with Crippen molar-refractivity contribution in [2.24, 2.45) is 7.05 Å². The number of carbonyl (C=O) groups excluding carboxylic acids is 1. The first kappa shape index (κ1) is 18.0. The van der Waals surface area contributed by atoms with Crippen molar-refractivity contribution in [1.82, 2.24) is 24.6 Å². The quantitative estimate of drug-likeness (QED) is 0.894. The van der Waals surface area contributed by atoms with Crippen molar-refractivity contribution >= 4 is 5.91 Å². The van der Waals surface area contributed by atoms with E-state index < -0.39 is 0 Å². The molecule has 4 rings (SSSR count). The maximum atomic E-state index is 12.8. The van der Waals surface area contributed by atoms with Crippen molar-refractivity contribution in [3.63, 3.8) is 0 Å². The average molecular weight is 369 g/mol. The van der Waals surface area contributed by atoms with E-state index in [1.165, 1.54) is 12.8 Å². The van der Waals surface area contributed by atoms with Gasteiger partial charge in [-0.25, -0.2) is 0 Å². The van der Waals surface area contributed by atoms with Crippen LogP contribution < -0.4 is 0 Å². The summed E-state index contributed by atoms with van der Waals surface area (Å²) < 4.78 is 2.11. The van der Waals surface area contributed by atoms with Gasteiger partial charge in [0.05, 0.1) is 12.1 Å². The number of nitrogens with zero attached hydrogens (tertiary/aromatic N) is 5. The third-order valence-corrected chi connectivity index (χ3v) is 5.77. The predicted octanol–water partition coefficient (Wildman–Crippen LogP) is 2.14. The Kier molecular flexibility index (Phi) is 5.11. The summed E-state index contributed by atoms with van der Waals surface area (Å²) in [6.45, 7) is 4.44. The maximum Gasteiger partial charge on any atom is 0.257 e. The molecule has 7 nitrogen and oxygen atoms in total. The molecular weight excluding hydrogens is 342 g/mol. The van der Waals surface area contributed by atoms with Crippen LogP contribution in [0.4, 0.5) is 0 Å². The first-order chi connectivity index (χ1) is 13.1. The molecule has 0 radical (unpaired) electrons. The van der Waals surface area contributed by atoms with E-state index in [9.17, 15) is 9.90 Å². The Balaban J connectivity index is 1.47. The van der Waals surface area contributed by atoms with Crippen molar-refractivity contribution in [2.45, 2.75) is 38.1 Å². The molecule has 2 aromatic rings. The van der Waals surface area contributed by atoms with E-state index in [0.717, 1.165) is 44.1 Å². The molecule has 0 spiro atoms. The van der Waals surface area contributed by atoms with Gasteiger partial charge >= 0.3 is 0 Å². The first-order valence-corrected chi connectivity index (χ1v) is 9.81. The molecule has 3 heterocycles. The van der Waals surface area contributed by atoms with Crippen LogP contribution in [-0.2, 0) is 13.6 Å². The van der Waals surface area contributed by atoms with Crippen LogP contribution in [0.2, 0.25) is 0 Å². The second-order valence-corrected chi connectivity index (χ2v) is 7.62. The molecule has 27 heavy (non-hydrogen) atoms. The number of piperidine rings is 1. The summed E-state index contributed by atoms with van der Waals surface area (Å²) in [6, 6.07) is 6.74. The third kappa shape index (κ3) is 3.69. The summed E-state index contributed by atoms with van der Waals surface area (Å²) in [6.07, 6.45) is 4.45. The Labute approximate surface area is 159 Å². The number of carbonyl (C=O) groups is 1. The molecule has 1 aromatic carbocycles. The SMILES string of the molecule is Cn1c(CN2CCCC2)nnc1[C@H]1CCCN(C(=O)c2ccccc2O)C1. The van der Waals surface area contributed by atoms with Gasteiger partial charge in [-0.2, -0.15) is 0 Å². The molecule has 144 valence electrons. The minimum absolute atomic E-state index is 0.0381. The monoisotopic (exact) mass is 369 g/mol. The zero-order valence-electron chi connectivity index (χ0n) is 15.8. The molecular formula is C20H27N5O2. The van der Waals surface area contributed by atoms with Crippen LogP contribution in [0, 0.1) is 0 Å². The van der Waals surface area contributed by atoms with Crippen LogP contribution in [-0.4, -0.2) is 61.8 Å². The van der Waals surface area contributed by atoms with Gasteiger partial charge in [0.2, 0.25) is 0 Å². The highest BCUT2D eigenvalue weighted by Gasteiger charge is 2.30. The van der Waals surface area contributed by atoms with E-state index in [-0.39, 0.29) is 17.6 Å². The van der Waals surface area contributed by atoms with Crippen molar-refractivity contribution in [3.05, 3.63) is 41.5 Å². The molecule has 1 amide bonds. The Morgan fingerprint density at radius 2 is 1.93 bits per heavy atom. The number of phenolic OH excluding ortho intramolecular Hbond substituents is 1. The molecule has 1 atom stereocenters. The lowest BCUT2D eigenvalue weighted by molar-refractivity contribution is 0.0700. The van der Waals surface area contributed by atoms with Gasteiger partial charge in [-0.15, -0.1) is 10.2 Å². The van der Waals surface area contributed by atoms with Gasteiger partial charge in [0, 0.05) is 26.1 Å². The summed E-state index contributed by atoms with van der Waals surface area (Å²) in [7, 11) is 2.03. The first-order valence-electron chi connectivity index (χ1n) is 9.81. The normalized spacial score (nSPS) is 20.9. The summed E-state index contributed by atoms with van der Waals surface area (Å²) in [5.41, 5.74) is 0.367. The second-order valence-electron chi connectivity index (χ2n) is 7.62. The van der Waals surface area contributed by atoms with E-state index in [4.69, 9.17) is 0 Å². The molecule has 2 saturated heterocycles. The number of phenols is 1. The Morgan fingerprint density at radius 3 is 2.70 bits per heavy atom. The van der Waals surface area contributed by atoms with Gasteiger partial charge in [-0.05, 0) is 50.9 Å². The fourth-order valence-electron chi connectivity index (χ4n) is 4.21. The Hall–Kier alpha value is -2.41. The van der Waals surface area contributed by atoms with Gasteiger partial charge in [0.15, 0.2) is 0 Å². The molecule has 2 aliphatic rings. The summed E-state index contributed by atoms with van der Waals surface area (Å²) in [5, 5.41) is 18.9. The fourth-order valence-corrected chi connectivity index (χ4v) is 4.21. The maximum absolute atomic E-state index is 12.8. The second kappa shape index (κ2) is 7.68. The van der Waals surface area contributed by atoms with Crippen LogP contribution in [0.3, 0.4) is 0 Å². The number of para-hydroxylation sites is 1. The van der Waals surface area contributed by atoms with Gasteiger partial charge in [0.25, 0.3) is 5.91 Å². The zero-order chi connectivity index (χ0) is 18.8. The standard InChI is InChI=1S/C20H27N5O2/c1-23-18(14-24-10-4-5-11-24)21-22-19(23)15-7-6-12-25(13-15)20(27)16-8-2-3-9-17(16)26/h2-3,8-9,15,26H,4-7,10-14H2,1H3/t15-/m0/s1. The molecule has 2 aliphatic heterocycles. The van der Waals surface area contributed by atoms with Gasteiger partial charge in [-0.3, -0.25) is 9.69 Å². The topological polar surface area (TPSA) is 74.5 Å². The molecule has 1 aromatic heterocycles. The predicted molar refractivity (Wildman–Crippen MR) is 101 cm³/mol. The number of aromatic hydroxyl groups is 1. The smallest absolute Gasteiger partial charge is 0.257 e. The van der Waals surface area contributed by atoms with Crippen LogP contribution in [0.15, 0.2) is 24.3 Å². The summed E-state index contributed by atoms with van der Waals surface area (Å²) in [5.74, 6) is 2.06. The van der Waals surface area contributed by atoms with Crippen molar-refractivity contribution in [3.8, 4) is 5.75 Å². The Morgan fingerprint density at radius 1 is 1.15 bits per heavy atom. The lowest BCUT2D eigenvalue weighted by Gasteiger charge is -2.32. The van der Waals surface area contributed by atoms with Crippen molar-refractivity contribution in [2.75, 3.05) is 26.2 Å². The summed E-state index contributed by atoms with van der Waals surface area (Å²) >= 11 is 0. The van der Waals surface area contributed by atoms with Gasteiger partial charge in [-0.1, -0.05) is 12.1 Å². The molecule has 0 aliphatic carbocycles. The molecule has 2 fully saturated rings. The number of likely N-dealkylation sites (tertiary alicyclic amines) is 2. The molecule has 7 heteroatoms. The number of amides is 1. The number of hydrogen-bond acceptors (Lipinski definition) is 5. The number of rotatable bonds is 4. The fraction of sp³-hybridized carbons (Fsp3) is 0.550. The molecule has 0 unspecified atom stereocenters. The van der Waals surface area contributed by atoms with E-state index >= 15 is 0 Å². The zero-order valence-corrected chi connectivity index (χ0v) is 15.8. The molecule has 0 bridgehead atoms. The summed E-state index contributed by atoms with van der Waals surface area (Å²) in [4.78, 5) is 17.1. The third-order valence-electron chi connectivity index (χ3n) is 5.77. The molecule has 0 saturated carbocycles. The number of hydrogen-bond donors (Lipinski definition) is 1. The van der Waals surface area contributed by atoms with Gasteiger partial charge < -0.3 is 14.6 Å². The number of benzene rings is 1. The van der Waals surface area contributed by atoms with Crippen LogP contribution in [0.25, 0.3) is 0 Å². The highest BCUT2D eigenvalue weighted by molar-refractivity contribution is 5.96. The minimum atomic E-state index is -0.114. The van der Waals surface area contributed by atoms with E-state index in [1.807, 2.05) is 11.9 Å². The Bertz CT molecular complexity index is 812. The van der Waals surface area contributed by atoms with Crippen LogP contribution in [0.1, 0.15) is 53.6 Å². The van der Waals surface area contributed by atoms with Crippen LogP contribution >= 0.6 is 0 Å². The lowest BCUT2D eigenvalue weighted by Crippen LogP contribution is -2.39. The molecule has 1 N–H and O–H groups in total. The highest BCUT2D eigenvalue weighted by atomic mass is 16.3. The van der Waals surface area contributed by atoms with E-state index in [2.05, 4.69) is 19.7 Å². The largest absolute Gasteiger partial charge is 0.507 e. The number of aromatic nitrogens is 3. The van der Waals surface area contributed by atoms with E-state index in [0.29, 0.717) is 18.7 Å². The van der Waals surface area contributed by atoms with Crippen molar-refractivity contribution in [1.29, 1.82) is 0 Å². The van der Waals surface area contributed by atoms with Gasteiger partial charge in [0.1, 0.15) is 17.4 Å².